The number of halogens is 3. The first-order valence-electron chi connectivity index (χ1n) is 4.32. The van der Waals surface area contributed by atoms with Crippen LogP contribution in [-0.4, -0.2) is 12.4 Å². The summed E-state index contributed by atoms with van der Waals surface area (Å²) in [5, 5.41) is 0. The molecule has 1 aromatic rings. The lowest BCUT2D eigenvalue weighted by molar-refractivity contribution is -0.0503. The molecule has 0 saturated carbocycles. The topological polar surface area (TPSA) is 26.3 Å². The highest BCUT2D eigenvalue weighted by molar-refractivity contribution is 9.10. The Morgan fingerprint density at radius 3 is 2.73 bits per heavy atom. The molecule has 0 bridgehead atoms. The first-order chi connectivity index (χ1) is 7.04. The molecule has 1 aromatic carbocycles. The minimum Gasteiger partial charge on any atom is -0.434 e. The van der Waals surface area contributed by atoms with E-state index in [0.717, 1.165) is 0 Å². The van der Waals surface area contributed by atoms with Gasteiger partial charge in [0.15, 0.2) is 5.78 Å². The van der Waals surface area contributed by atoms with Gasteiger partial charge in [-0.15, -0.1) is 0 Å². The van der Waals surface area contributed by atoms with E-state index in [1.54, 1.807) is 13.0 Å². The summed E-state index contributed by atoms with van der Waals surface area (Å²) in [5.41, 5.74) is 0.372. The zero-order valence-electron chi connectivity index (χ0n) is 7.97. The third-order valence-corrected chi connectivity index (χ3v) is 2.45. The van der Waals surface area contributed by atoms with Crippen LogP contribution in [0.4, 0.5) is 8.78 Å². The summed E-state index contributed by atoms with van der Waals surface area (Å²) in [5.74, 6) is -0.133. The van der Waals surface area contributed by atoms with E-state index < -0.39 is 6.61 Å². The lowest BCUT2D eigenvalue weighted by Gasteiger charge is -2.08. The predicted molar refractivity (Wildman–Crippen MR) is 55.4 cm³/mol. The predicted octanol–water partition coefficient (Wildman–Crippen LogP) is 3.64. The number of hydrogen-bond donors (Lipinski definition) is 0. The quantitative estimate of drug-likeness (QED) is 0.786. The van der Waals surface area contributed by atoms with Crippen molar-refractivity contribution in [2.75, 3.05) is 0 Å². The number of benzene rings is 1. The zero-order valence-corrected chi connectivity index (χ0v) is 9.55. The fourth-order valence-corrected chi connectivity index (χ4v) is 1.41. The van der Waals surface area contributed by atoms with E-state index in [1.807, 2.05) is 0 Å². The highest BCUT2D eigenvalue weighted by Gasteiger charge is 2.11. The highest BCUT2D eigenvalue weighted by atomic mass is 79.9. The average molecular weight is 279 g/mol. The first kappa shape index (κ1) is 12.1. The molecular weight excluding hydrogens is 270 g/mol. The Balaban J connectivity index is 2.99. The molecule has 2 nitrogen and oxygen atoms in total. The zero-order chi connectivity index (χ0) is 11.4. The van der Waals surface area contributed by atoms with Gasteiger partial charge in [-0.1, -0.05) is 13.0 Å². The van der Waals surface area contributed by atoms with Crippen molar-refractivity contribution in [1.29, 1.82) is 0 Å². The van der Waals surface area contributed by atoms with Crippen LogP contribution >= 0.6 is 15.9 Å². The number of Topliss-reactive ketones (excluding diaryl/α,β-unsaturated/α-hetero) is 1. The minimum atomic E-state index is -2.90. The summed E-state index contributed by atoms with van der Waals surface area (Å²) in [6.45, 7) is -1.19. The molecule has 0 saturated heterocycles. The van der Waals surface area contributed by atoms with Gasteiger partial charge in [0.2, 0.25) is 0 Å². The van der Waals surface area contributed by atoms with Crippen molar-refractivity contribution in [3.8, 4) is 5.75 Å². The molecule has 15 heavy (non-hydrogen) atoms. The van der Waals surface area contributed by atoms with E-state index in [9.17, 15) is 13.6 Å². The molecule has 82 valence electrons. The molecule has 0 fully saturated rings. The van der Waals surface area contributed by atoms with E-state index in [4.69, 9.17) is 0 Å². The summed E-state index contributed by atoms with van der Waals surface area (Å²) in [6, 6.07) is 4.39. The molecular formula is C10H9BrF2O2. The molecule has 0 aliphatic rings. The van der Waals surface area contributed by atoms with Crippen LogP contribution in [0.15, 0.2) is 22.7 Å². The lowest BCUT2D eigenvalue weighted by Crippen LogP contribution is -2.04. The summed E-state index contributed by atoms with van der Waals surface area (Å²) < 4.78 is 28.6. The number of carbonyl (C=O) groups excluding carboxylic acids is 1. The van der Waals surface area contributed by atoms with Crippen LogP contribution in [0.1, 0.15) is 23.7 Å². The average Bonchev–Trinajstić information content (AvgIpc) is 2.19. The van der Waals surface area contributed by atoms with Crippen molar-refractivity contribution in [3.63, 3.8) is 0 Å². The number of ether oxygens (including phenoxy) is 1. The van der Waals surface area contributed by atoms with Gasteiger partial charge in [0.05, 0.1) is 4.47 Å². The maximum atomic E-state index is 12.0. The molecule has 0 radical (unpaired) electrons. The molecule has 0 amide bonds. The SMILES string of the molecule is CCC(=O)c1ccc(Br)c(OC(F)F)c1. The van der Waals surface area contributed by atoms with Gasteiger partial charge in [-0.2, -0.15) is 8.78 Å². The van der Waals surface area contributed by atoms with E-state index >= 15 is 0 Å². The Morgan fingerprint density at radius 1 is 1.53 bits per heavy atom. The first-order valence-corrected chi connectivity index (χ1v) is 5.11. The summed E-state index contributed by atoms with van der Waals surface area (Å²) in [7, 11) is 0. The van der Waals surface area contributed by atoms with Gasteiger partial charge in [-0.25, -0.2) is 0 Å². The van der Waals surface area contributed by atoms with Crippen molar-refractivity contribution >= 4 is 21.7 Å². The lowest BCUT2D eigenvalue weighted by atomic mass is 10.1. The molecule has 0 aliphatic heterocycles. The van der Waals surface area contributed by atoms with Gasteiger partial charge < -0.3 is 4.74 Å². The summed E-state index contributed by atoms with van der Waals surface area (Å²) in [6.07, 6.45) is 0.329. The second-order valence-corrected chi connectivity index (χ2v) is 3.65. The fraction of sp³-hybridized carbons (Fsp3) is 0.300. The Labute approximate surface area is 94.4 Å². The van der Waals surface area contributed by atoms with E-state index in [2.05, 4.69) is 20.7 Å². The summed E-state index contributed by atoms with van der Waals surface area (Å²) >= 11 is 3.06. The van der Waals surface area contributed by atoms with Crippen molar-refractivity contribution in [3.05, 3.63) is 28.2 Å². The van der Waals surface area contributed by atoms with Gasteiger partial charge >= 0.3 is 6.61 Å². The van der Waals surface area contributed by atoms with Gasteiger partial charge in [-0.05, 0) is 28.1 Å². The van der Waals surface area contributed by atoms with Crippen molar-refractivity contribution in [2.45, 2.75) is 20.0 Å². The minimum absolute atomic E-state index is 0.0238. The standard InChI is InChI=1S/C10H9BrF2O2/c1-2-8(14)6-3-4-7(11)9(5-6)15-10(12)13/h3-5,10H,2H2,1H3. The van der Waals surface area contributed by atoms with Crippen molar-refractivity contribution in [2.24, 2.45) is 0 Å². The maximum absolute atomic E-state index is 12.0. The molecule has 0 heterocycles. The number of carbonyl (C=O) groups is 1. The van der Waals surface area contributed by atoms with Crippen molar-refractivity contribution < 1.29 is 18.3 Å². The Morgan fingerprint density at radius 2 is 2.20 bits per heavy atom. The Hall–Kier alpha value is -0.970. The monoisotopic (exact) mass is 278 g/mol. The molecule has 0 aromatic heterocycles. The van der Waals surface area contributed by atoms with Crippen LogP contribution in [-0.2, 0) is 0 Å². The van der Waals surface area contributed by atoms with Crippen LogP contribution in [0.2, 0.25) is 0 Å². The molecule has 0 N–H and O–H groups in total. The normalized spacial score (nSPS) is 10.5. The van der Waals surface area contributed by atoms with Gasteiger partial charge in [-0.3, -0.25) is 4.79 Å². The largest absolute Gasteiger partial charge is 0.434 e. The third kappa shape index (κ3) is 3.27. The number of rotatable bonds is 4. The van der Waals surface area contributed by atoms with Crippen LogP contribution in [0.5, 0.6) is 5.75 Å². The molecule has 0 unspecified atom stereocenters. The maximum Gasteiger partial charge on any atom is 0.387 e. The van der Waals surface area contributed by atoms with Gasteiger partial charge in [0, 0.05) is 12.0 Å². The summed E-state index contributed by atoms with van der Waals surface area (Å²) in [4.78, 5) is 11.3. The van der Waals surface area contributed by atoms with Gasteiger partial charge in [0.25, 0.3) is 0 Å². The highest BCUT2D eigenvalue weighted by Crippen LogP contribution is 2.27. The molecule has 0 spiro atoms. The smallest absolute Gasteiger partial charge is 0.387 e. The molecule has 1 rings (SSSR count). The Kier molecular flexibility index (Phi) is 4.20. The second kappa shape index (κ2) is 5.21. The number of ketones is 1. The number of alkyl halides is 2. The van der Waals surface area contributed by atoms with E-state index in [1.165, 1.54) is 12.1 Å². The van der Waals surface area contributed by atoms with E-state index in [0.29, 0.717) is 16.5 Å². The van der Waals surface area contributed by atoms with E-state index in [-0.39, 0.29) is 11.5 Å². The van der Waals surface area contributed by atoms with Crippen molar-refractivity contribution in [1.82, 2.24) is 0 Å². The molecule has 0 aliphatic carbocycles. The molecule has 0 atom stereocenters. The second-order valence-electron chi connectivity index (χ2n) is 2.80. The van der Waals surface area contributed by atoms with Crippen LogP contribution in [0.3, 0.4) is 0 Å². The van der Waals surface area contributed by atoms with Crippen LogP contribution in [0, 0.1) is 0 Å². The number of hydrogen-bond acceptors (Lipinski definition) is 2. The molecule has 5 heteroatoms. The Bertz CT molecular complexity index is 366. The van der Waals surface area contributed by atoms with Crippen LogP contribution < -0.4 is 4.74 Å². The van der Waals surface area contributed by atoms with Crippen LogP contribution in [0.25, 0.3) is 0 Å². The third-order valence-electron chi connectivity index (χ3n) is 1.79. The van der Waals surface area contributed by atoms with Gasteiger partial charge in [0.1, 0.15) is 5.75 Å². The fourth-order valence-electron chi connectivity index (χ4n) is 1.07.